The molecule has 0 aliphatic heterocycles. The Morgan fingerprint density at radius 2 is 2.09 bits per heavy atom. The molecule has 4 aromatic heterocycles. The number of nitrogens with zero attached hydrogens (tertiary/aromatic N) is 5. The van der Waals surface area contributed by atoms with E-state index in [9.17, 15) is 9.50 Å². The van der Waals surface area contributed by atoms with Crippen LogP contribution in [-0.4, -0.2) is 43.1 Å². The molecule has 33 heavy (non-hydrogen) atoms. The molecule has 0 amide bonds. The van der Waals surface area contributed by atoms with Crippen LogP contribution in [-0.2, 0) is 19.2 Å². The minimum atomic E-state index is -1.41. The average molecular weight is 473 g/mol. The van der Waals surface area contributed by atoms with Crippen molar-refractivity contribution < 1.29 is 14.2 Å². The van der Waals surface area contributed by atoms with Crippen molar-refractivity contribution in [1.29, 1.82) is 0 Å². The van der Waals surface area contributed by atoms with Gasteiger partial charge in [-0.15, -0.1) is 0 Å². The number of halogens is 2. The Morgan fingerprint density at radius 3 is 2.76 bits per heavy atom. The SMILES string of the molecule is CCC(O)(COc1cc(-c2nn(C)c(CNC)c2C)cn2ncc(Cl)c12)c1ccc(F)cn1. The summed E-state index contributed by atoms with van der Waals surface area (Å²) in [6.07, 6.45) is 4.79. The van der Waals surface area contributed by atoms with Crippen LogP contribution in [0.3, 0.4) is 0 Å². The lowest BCUT2D eigenvalue weighted by Crippen LogP contribution is -2.33. The number of aryl methyl sites for hydroxylation is 1. The Labute approximate surface area is 196 Å². The molecule has 0 fully saturated rings. The van der Waals surface area contributed by atoms with Crippen LogP contribution in [0.4, 0.5) is 4.39 Å². The van der Waals surface area contributed by atoms with Crippen LogP contribution in [0.2, 0.25) is 5.02 Å². The van der Waals surface area contributed by atoms with Crippen molar-refractivity contribution in [2.24, 2.45) is 7.05 Å². The van der Waals surface area contributed by atoms with Crippen LogP contribution in [0, 0.1) is 12.7 Å². The quantitative estimate of drug-likeness (QED) is 0.407. The normalized spacial score (nSPS) is 13.4. The fourth-order valence-corrected chi connectivity index (χ4v) is 4.07. The summed E-state index contributed by atoms with van der Waals surface area (Å²) in [5.41, 5.74) is 3.20. The van der Waals surface area contributed by atoms with Gasteiger partial charge < -0.3 is 15.2 Å². The third-order valence-electron chi connectivity index (χ3n) is 5.83. The van der Waals surface area contributed by atoms with Gasteiger partial charge in [0.15, 0.2) is 0 Å². The first kappa shape index (κ1) is 23.2. The maximum Gasteiger partial charge on any atom is 0.147 e. The van der Waals surface area contributed by atoms with E-state index in [4.69, 9.17) is 16.3 Å². The van der Waals surface area contributed by atoms with Crippen LogP contribution < -0.4 is 10.1 Å². The molecule has 4 rings (SSSR count). The molecular weight excluding hydrogens is 447 g/mol. The molecule has 174 valence electrons. The van der Waals surface area contributed by atoms with Crippen molar-refractivity contribution in [1.82, 2.24) is 29.7 Å². The lowest BCUT2D eigenvalue weighted by Gasteiger charge is -2.26. The summed E-state index contributed by atoms with van der Waals surface area (Å²) < 4.78 is 22.9. The molecule has 0 saturated heterocycles. The molecule has 0 saturated carbocycles. The highest BCUT2D eigenvalue weighted by molar-refractivity contribution is 6.34. The fourth-order valence-electron chi connectivity index (χ4n) is 3.85. The molecule has 0 bridgehead atoms. The van der Waals surface area contributed by atoms with Gasteiger partial charge in [-0.25, -0.2) is 8.91 Å². The van der Waals surface area contributed by atoms with Crippen molar-refractivity contribution in [3.8, 4) is 17.0 Å². The Morgan fingerprint density at radius 1 is 1.30 bits per heavy atom. The standard InChI is InChI=1S/C23H26ClFN6O2/c1-5-23(32,20-7-6-16(25)9-27-20)13-33-19-8-15(12-31-22(19)17(24)10-28-31)21-14(2)18(11-26-3)30(4)29-21/h6-10,12,26,32H,5,11,13H2,1-4H3. The molecule has 4 aromatic rings. The molecule has 0 aliphatic rings. The number of aromatic nitrogens is 5. The number of aliphatic hydroxyl groups is 1. The summed E-state index contributed by atoms with van der Waals surface area (Å²) >= 11 is 6.39. The third-order valence-corrected chi connectivity index (χ3v) is 6.11. The summed E-state index contributed by atoms with van der Waals surface area (Å²) in [7, 11) is 3.79. The van der Waals surface area contributed by atoms with Gasteiger partial charge in [-0.1, -0.05) is 18.5 Å². The zero-order chi connectivity index (χ0) is 23.8. The lowest BCUT2D eigenvalue weighted by molar-refractivity contribution is -0.0163. The van der Waals surface area contributed by atoms with Crippen molar-refractivity contribution in [3.63, 3.8) is 0 Å². The fraction of sp³-hybridized carbons (Fsp3) is 0.348. The van der Waals surface area contributed by atoms with Crippen LogP contribution in [0.25, 0.3) is 16.8 Å². The predicted molar refractivity (Wildman–Crippen MR) is 124 cm³/mol. The molecule has 0 aliphatic carbocycles. The van der Waals surface area contributed by atoms with Crippen molar-refractivity contribution >= 4 is 17.1 Å². The number of hydrogen-bond acceptors (Lipinski definition) is 6. The molecular formula is C23H26ClFN6O2. The molecule has 1 atom stereocenters. The summed E-state index contributed by atoms with van der Waals surface area (Å²) in [4.78, 5) is 4.04. The maximum atomic E-state index is 13.3. The molecule has 4 heterocycles. The second-order valence-corrected chi connectivity index (χ2v) is 8.40. The van der Waals surface area contributed by atoms with Gasteiger partial charge in [-0.2, -0.15) is 10.2 Å². The summed E-state index contributed by atoms with van der Waals surface area (Å²) in [5.74, 6) is -0.0221. The first-order chi connectivity index (χ1) is 15.8. The van der Waals surface area contributed by atoms with Crippen LogP contribution in [0.15, 0.2) is 36.8 Å². The van der Waals surface area contributed by atoms with Gasteiger partial charge >= 0.3 is 0 Å². The third kappa shape index (κ3) is 4.31. The molecule has 10 heteroatoms. The van der Waals surface area contributed by atoms with Gasteiger partial charge in [0.1, 0.15) is 29.3 Å². The van der Waals surface area contributed by atoms with E-state index >= 15 is 0 Å². The Kier molecular flexibility index (Phi) is 6.38. The largest absolute Gasteiger partial charge is 0.488 e. The number of rotatable bonds is 8. The van der Waals surface area contributed by atoms with Gasteiger partial charge in [0, 0.05) is 25.4 Å². The average Bonchev–Trinajstić information content (AvgIpc) is 3.32. The number of nitrogens with one attached hydrogen (secondary N) is 1. The minimum Gasteiger partial charge on any atom is -0.488 e. The molecule has 0 radical (unpaired) electrons. The second kappa shape index (κ2) is 9.09. The Hall–Kier alpha value is -3.01. The van der Waals surface area contributed by atoms with E-state index < -0.39 is 11.4 Å². The van der Waals surface area contributed by atoms with Crippen molar-refractivity contribution in [3.05, 3.63) is 64.6 Å². The number of pyridine rings is 2. The number of fused-ring (bicyclic) bond motifs is 1. The topological polar surface area (TPSA) is 89.5 Å². The summed E-state index contributed by atoms with van der Waals surface area (Å²) in [5, 5.41) is 23.8. The van der Waals surface area contributed by atoms with Gasteiger partial charge in [0.05, 0.1) is 34.5 Å². The smallest absolute Gasteiger partial charge is 0.147 e. The highest BCUT2D eigenvalue weighted by Crippen LogP contribution is 2.35. The van der Waals surface area contributed by atoms with E-state index in [0.717, 1.165) is 28.7 Å². The van der Waals surface area contributed by atoms with E-state index in [1.807, 2.05) is 44.9 Å². The second-order valence-electron chi connectivity index (χ2n) is 7.99. The van der Waals surface area contributed by atoms with Gasteiger partial charge in [0.2, 0.25) is 0 Å². The molecule has 0 aromatic carbocycles. The molecule has 2 N–H and O–H groups in total. The van der Waals surface area contributed by atoms with Gasteiger partial charge in [0.25, 0.3) is 0 Å². The lowest BCUT2D eigenvalue weighted by atomic mass is 9.97. The summed E-state index contributed by atoms with van der Waals surface area (Å²) in [6, 6.07) is 4.57. The van der Waals surface area contributed by atoms with Gasteiger partial charge in [-0.05, 0) is 44.2 Å². The van der Waals surface area contributed by atoms with Crippen molar-refractivity contribution in [2.45, 2.75) is 32.4 Å². The molecule has 0 spiro atoms. The number of ether oxygens (including phenoxy) is 1. The highest BCUT2D eigenvalue weighted by Gasteiger charge is 2.31. The first-order valence-corrected chi connectivity index (χ1v) is 11.0. The highest BCUT2D eigenvalue weighted by atomic mass is 35.5. The maximum absolute atomic E-state index is 13.3. The Balaban J connectivity index is 1.74. The zero-order valence-corrected chi connectivity index (χ0v) is 19.7. The Bertz CT molecular complexity index is 1290. The van der Waals surface area contributed by atoms with Crippen LogP contribution in [0.1, 0.15) is 30.3 Å². The monoisotopic (exact) mass is 472 g/mol. The van der Waals surface area contributed by atoms with E-state index in [2.05, 4.69) is 20.5 Å². The van der Waals surface area contributed by atoms with Crippen LogP contribution >= 0.6 is 11.6 Å². The van der Waals surface area contributed by atoms with Gasteiger partial charge in [-0.3, -0.25) is 9.67 Å². The first-order valence-electron chi connectivity index (χ1n) is 10.6. The van der Waals surface area contributed by atoms with E-state index in [1.165, 1.54) is 12.1 Å². The molecule has 8 nitrogen and oxygen atoms in total. The predicted octanol–water partition coefficient (Wildman–Crippen LogP) is 3.63. The van der Waals surface area contributed by atoms with Crippen LogP contribution in [0.5, 0.6) is 5.75 Å². The zero-order valence-electron chi connectivity index (χ0n) is 18.9. The van der Waals surface area contributed by atoms with E-state index in [0.29, 0.717) is 34.9 Å². The minimum absolute atomic E-state index is 0.102. The van der Waals surface area contributed by atoms with Crippen molar-refractivity contribution in [2.75, 3.05) is 13.7 Å². The molecule has 1 unspecified atom stereocenters. The number of hydrogen-bond donors (Lipinski definition) is 2. The van der Waals surface area contributed by atoms with E-state index in [1.54, 1.807) is 10.7 Å². The summed E-state index contributed by atoms with van der Waals surface area (Å²) in [6.45, 7) is 4.41. The van der Waals surface area contributed by atoms with E-state index in [-0.39, 0.29) is 6.61 Å².